The van der Waals surface area contributed by atoms with Crippen molar-refractivity contribution in [3.05, 3.63) is 71.9 Å². The zero-order chi connectivity index (χ0) is 18.5. The Morgan fingerprint density at radius 1 is 1.08 bits per heavy atom. The molecule has 0 saturated heterocycles. The summed E-state index contributed by atoms with van der Waals surface area (Å²) in [7, 11) is 0. The maximum atomic E-state index is 10.9. The normalized spacial score (nSPS) is 13.5. The van der Waals surface area contributed by atoms with Crippen LogP contribution >= 0.6 is 11.8 Å². The SMILES string of the molecule is CC(CC(=O)O)C(O)c1ccccc1SCc1ccc2ccccc2n1. The van der Waals surface area contributed by atoms with Crippen molar-refractivity contribution in [2.75, 3.05) is 0 Å². The van der Waals surface area contributed by atoms with Gasteiger partial charge >= 0.3 is 5.97 Å². The Balaban J connectivity index is 1.76. The van der Waals surface area contributed by atoms with Crippen LogP contribution in [0.2, 0.25) is 0 Å². The smallest absolute Gasteiger partial charge is 0.303 e. The third-order valence-electron chi connectivity index (χ3n) is 4.30. The second kappa shape index (κ2) is 8.34. The van der Waals surface area contributed by atoms with Gasteiger partial charge in [0.2, 0.25) is 0 Å². The Hall–Kier alpha value is -2.37. The molecule has 3 rings (SSSR count). The van der Waals surface area contributed by atoms with Crippen LogP contribution < -0.4 is 0 Å². The van der Waals surface area contributed by atoms with Crippen molar-refractivity contribution in [1.82, 2.24) is 4.98 Å². The molecule has 4 nitrogen and oxygen atoms in total. The van der Waals surface area contributed by atoms with Gasteiger partial charge in [-0.2, -0.15) is 0 Å². The first-order chi connectivity index (χ1) is 12.5. The largest absolute Gasteiger partial charge is 0.481 e. The van der Waals surface area contributed by atoms with E-state index in [9.17, 15) is 9.90 Å². The summed E-state index contributed by atoms with van der Waals surface area (Å²) in [5, 5.41) is 20.6. The van der Waals surface area contributed by atoms with Gasteiger partial charge in [-0.15, -0.1) is 11.8 Å². The van der Waals surface area contributed by atoms with Gasteiger partial charge in [0, 0.05) is 16.0 Å². The molecule has 0 spiro atoms. The predicted molar refractivity (Wildman–Crippen MR) is 104 cm³/mol. The van der Waals surface area contributed by atoms with Crippen LogP contribution in [0.25, 0.3) is 10.9 Å². The monoisotopic (exact) mass is 367 g/mol. The maximum Gasteiger partial charge on any atom is 0.303 e. The summed E-state index contributed by atoms with van der Waals surface area (Å²) < 4.78 is 0. The minimum atomic E-state index is -0.901. The van der Waals surface area contributed by atoms with Gasteiger partial charge in [0.1, 0.15) is 0 Å². The van der Waals surface area contributed by atoms with Crippen molar-refractivity contribution < 1.29 is 15.0 Å². The van der Waals surface area contributed by atoms with Crippen LogP contribution in [0.3, 0.4) is 0 Å². The minimum Gasteiger partial charge on any atom is -0.481 e. The molecule has 1 aromatic heterocycles. The summed E-state index contributed by atoms with van der Waals surface area (Å²) in [6.07, 6.45) is -0.869. The molecule has 0 fully saturated rings. The lowest BCUT2D eigenvalue weighted by atomic mass is 9.95. The Kier molecular flexibility index (Phi) is 5.91. The number of aromatic nitrogens is 1. The molecule has 134 valence electrons. The zero-order valence-corrected chi connectivity index (χ0v) is 15.3. The zero-order valence-electron chi connectivity index (χ0n) is 14.5. The number of aliphatic hydroxyl groups excluding tert-OH is 1. The molecule has 2 unspecified atom stereocenters. The highest BCUT2D eigenvalue weighted by atomic mass is 32.2. The Morgan fingerprint density at radius 2 is 1.81 bits per heavy atom. The van der Waals surface area contributed by atoms with Crippen LogP contribution in [0.1, 0.15) is 30.7 Å². The molecule has 0 radical (unpaired) electrons. The Morgan fingerprint density at radius 3 is 2.62 bits per heavy atom. The average molecular weight is 367 g/mol. The first kappa shape index (κ1) is 18.4. The number of hydrogen-bond donors (Lipinski definition) is 2. The number of carbonyl (C=O) groups is 1. The molecule has 0 aliphatic carbocycles. The molecule has 0 saturated carbocycles. The molecule has 0 aliphatic heterocycles. The number of hydrogen-bond acceptors (Lipinski definition) is 4. The molecule has 26 heavy (non-hydrogen) atoms. The summed E-state index contributed by atoms with van der Waals surface area (Å²) >= 11 is 1.60. The number of thioether (sulfide) groups is 1. The molecule has 5 heteroatoms. The van der Waals surface area contributed by atoms with E-state index in [-0.39, 0.29) is 12.3 Å². The van der Waals surface area contributed by atoms with Crippen LogP contribution in [-0.2, 0) is 10.5 Å². The van der Waals surface area contributed by atoms with Gasteiger partial charge in [-0.3, -0.25) is 9.78 Å². The highest BCUT2D eigenvalue weighted by Gasteiger charge is 2.21. The van der Waals surface area contributed by atoms with E-state index in [0.29, 0.717) is 5.75 Å². The van der Waals surface area contributed by atoms with Crippen molar-refractivity contribution in [3.63, 3.8) is 0 Å². The van der Waals surface area contributed by atoms with Gasteiger partial charge in [0.25, 0.3) is 0 Å². The lowest BCUT2D eigenvalue weighted by molar-refractivity contribution is -0.139. The van der Waals surface area contributed by atoms with Crippen LogP contribution in [0.15, 0.2) is 65.6 Å². The lowest BCUT2D eigenvalue weighted by Gasteiger charge is -2.20. The number of carboxylic acid groups (broad SMARTS) is 1. The fraction of sp³-hybridized carbons (Fsp3) is 0.238. The Bertz CT molecular complexity index is 912. The first-order valence-corrected chi connectivity index (χ1v) is 9.49. The molecule has 0 amide bonds. The number of para-hydroxylation sites is 1. The number of aliphatic hydroxyl groups is 1. The van der Waals surface area contributed by atoms with Crippen molar-refractivity contribution >= 4 is 28.6 Å². The van der Waals surface area contributed by atoms with E-state index in [1.807, 2.05) is 54.6 Å². The fourth-order valence-corrected chi connectivity index (χ4v) is 3.88. The number of benzene rings is 2. The van der Waals surface area contributed by atoms with Gasteiger partial charge in [0.15, 0.2) is 0 Å². The molecule has 3 aromatic rings. The van der Waals surface area contributed by atoms with Gasteiger partial charge in [-0.1, -0.05) is 49.4 Å². The number of nitrogens with zero attached hydrogens (tertiary/aromatic N) is 1. The topological polar surface area (TPSA) is 70.4 Å². The van der Waals surface area contributed by atoms with Crippen molar-refractivity contribution in [1.29, 1.82) is 0 Å². The van der Waals surface area contributed by atoms with E-state index in [1.54, 1.807) is 18.7 Å². The summed E-state index contributed by atoms with van der Waals surface area (Å²) in [6, 6.07) is 19.7. The number of fused-ring (bicyclic) bond motifs is 1. The number of aliphatic carboxylic acids is 1. The standard InChI is InChI=1S/C21H21NO3S/c1-14(12-20(23)24)21(25)17-7-3-5-9-19(17)26-13-16-11-10-15-6-2-4-8-18(15)22-16/h2-11,14,21,25H,12-13H2,1H3,(H,23,24). The minimum absolute atomic E-state index is 0.0631. The van der Waals surface area contributed by atoms with E-state index >= 15 is 0 Å². The van der Waals surface area contributed by atoms with Crippen LogP contribution in [0, 0.1) is 5.92 Å². The highest BCUT2D eigenvalue weighted by Crippen LogP contribution is 2.34. The molecule has 1 heterocycles. The summed E-state index contributed by atoms with van der Waals surface area (Å²) in [5.74, 6) is -0.572. The molecule has 2 aromatic carbocycles. The molecule has 2 N–H and O–H groups in total. The summed E-state index contributed by atoms with van der Waals surface area (Å²) in [4.78, 5) is 16.6. The first-order valence-electron chi connectivity index (χ1n) is 8.51. The van der Waals surface area contributed by atoms with E-state index in [2.05, 4.69) is 11.1 Å². The van der Waals surface area contributed by atoms with Gasteiger partial charge in [-0.25, -0.2) is 0 Å². The molecule has 2 atom stereocenters. The number of carboxylic acids is 1. The van der Waals surface area contributed by atoms with Crippen LogP contribution in [0.5, 0.6) is 0 Å². The van der Waals surface area contributed by atoms with Crippen LogP contribution in [-0.4, -0.2) is 21.2 Å². The number of pyridine rings is 1. The quantitative estimate of drug-likeness (QED) is 0.594. The second-order valence-electron chi connectivity index (χ2n) is 6.34. The van der Waals surface area contributed by atoms with E-state index in [0.717, 1.165) is 27.1 Å². The van der Waals surface area contributed by atoms with Gasteiger partial charge in [0.05, 0.1) is 23.7 Å². The van der Waals surface area contributed by atoms with E-state index < -0.39 is 12.1 Å². The Labute approximate surface area is 156 Å². The summed E-state index contributed by atoms with van der Waals surface area (Å²) in [5.41, 5.74) is 2.71. The van der Waals surface area contributed by atoms with E-state index in [4.69, 9.17) is 5.11 Å². The van der Waals surface area contributed by atoms with Gasteiger partial charge < -0.3 is 10.2 Å². The second-order valence-corrected chi connectivity index (χ2v) is 7.36. The third kappa shape index (κ3) is 4.42. The molecular formula is C21H21NO3S. The third-order valence-corrected chi connectivity index (χ3v) is 5.43. The summed E-state index contributed by atoms with van der Waals surface area (Å²) in [6.45, 7) is 1.76. The van der Waals surface area contributed by atoms with Gasteiger partial charge in [-0.05, 0) is 29.7 Å². The van der Waals surface area contributed by atoms with Crippen molar-refractivity contribution in [2.24, 2.45) is 5.92 Å². The maximum absolute atomic E-state index is 10.9. The molecular weight excluding hydrogens is 346 g/mol. The van der Waals surface area contributed by atoms with E-state index in [1.165, 1.54) is 0 Å². The average Bonchev–Trinajstić information content (AvgIpc) is 2.65. The fourth-order valence-electron chi connectivity index (χ4n) is 2.89. The molecule has 0 bridgehead atoms. The lowest BCUT2D eigenvalue weighted by Crippen LogP contribution is -2.14. The van der Waals surface area contributed by atoms with Crippen LogP contribution in [0.4, 0.5) is 0 Å². The highest BCUT2D eigenvalue weighted by molar-refractivity contribution is 7.98. The molecule has 0 aliphatic rings. The van der Waals surface area contributed by atoms with Crippen molar-refractivity contribution in [2.45, 2.75) is 30.1 Å². The predicted octanol–water partition coefficient (Wildman–Crippen LogP) is 4.67. The number of rotatable bonds is 7. The van der Waals surface area contributed by atoms with Crippen molar-refractivity contribution in [3.8, 4) is 0 Å².